The van der Waals surface area contributed by atoms with Crippen LogP contribution in [-0.4, -0.2) is 19.7 Å². The predicted molar refractivity (Wildman–Crippen MR) is 73.7 cm³/mol. The fourth-order valence-electron chi connectivity index (χ4n) is 2.10. The first-order valence-corrected chi connectivity index (χ1v) is 7.22. The highest BCUT2D eigenvalue weighted by molar-refractivity contribution is 14.1. The van der Waals surface area contributed by atoms with Crippen molar-refractivity contribution < 1.29 is 18.9 Å². The summed E-state index contributed by atoms with van der Waals surface area (Å²) in [5, 5.41) is 0. The van der Waals surface area contributed by atoms with Crippen molar-refractivity contribution in [3.8, 4) is 11.5 Å². The molecule has 1 fully saturated rings. The average Bonchev–Trinajstić information content (AvgIpc) is 2.84. The van der Waals surface area contributed by atoms with E-state index < -0.39 is 0 Å². The molecule has 1 aromatic rings. The Morgan fingerprint density at radius 3 is 2.83 bits per heavy atom. The largest absolute Gasteiger partial charge is 0.454 e. The molecule has 0 N–H and O–H groups in total. The Hall–Kier alpha value is -0.530. The Bertz CT molecular complexity index is 429. The summed E-state index contributed by atoms with van der Waals surface area (Å²) in [6, 6.07) is 3.98. The number of fused-ring (bicyclic) bond motifs is 1. The molecular formula is C13H15IO4. The normalized spacial score (nSPS) is 22.2. The van der Waals surface area contributed by atoms with E-state index in [-0.39, 0.29) is 6.29 Å². The van der Waals surface area contributed by atoms with E-state index in [1.165, 1.54) is 6.42 Å². The Morgan fingerprint density at radius 2 is 2.06 bits per heavy atom. The minimum Gasteiger partial charge on any atom is -0.454 e. The molecule has 3 rings (SSSR count). The Morgan fingerprint density at radius 1 is 1.22 bits per heavy atom. The molecule has 0 aromatic heterocycles. The van der Waals surface area contributed by atoms with Crippen molar-refractivity contribution in [3.05, 3.63) is 21.3 Å². The van der Waals surface area contributed by atoms with Crippen LogP contribution in [-0.2, 0) is 16.1 Å². The third-order valence-corrected chi connectivity index (χ3v) is 4.11. The summed E-state index contributed by atoms with van der Waals surface area (Å²) in [5.41, 5.74) is 1.12. The summed E-state index contributed by atoms with van der Waals surface area (Å²) in [6.07, 6.45) is 3.26. The first-order valence-electron chi connectivity index (χ1n) is 6.14. The van der Waals surface area contributed by atoms with E-state index in [4.69, 9.17) is 18.9 Å². The molecular weight excluding hydrogens is 347 g/mol. The van der Waals surface area contributed by atoms with Gasteiger partial charge in [-0.3, -0.25) is 0 Å². The van der Waals surface area contributed by atoms with Crippen molar-refractivity contribution in [3.63, 3.8) is 0 Å². The molecule has 2 aliphatic heterocycles. The highest BCUT2D eigenvalue weighted by atomic mass is 127. The van der Waals surface area contributed by atoms with Gasteiger partial charge in [0.05, 0.1) is 6.61 Å². The standard InChI is InChI=1S/C13H15IO4/c14-10-6-12-11(17-8-18-12)5-9(10)7-16-13-3-1-2-4-15-13/h5-6,13H,1-4,7-8H2. The number of rotatable bonds is 3. The van der Waals surface area contributed by atoms with Gasteiger partial charge in [0, 0.05) is 10.2 Å². The summed E-state index contributed by atoms with van der Waals surface area (Å²) in [7, 11) is 0. The van der Waals surface area contributed by atoms with Gasteiger partial charge in [0.15, 0.2) is 17.8 Å². The van der Waals surface area contributed by atoms with Gasteiger partial charge in [-0.25, -0.2) is 0 Å². The van der Waals surface area contributed by atoms with Crippen LogP contribution < -0.4 is 9.47 Å². The molecule has 0 aliphatic carbocycles. The third kappa shape index (κ3) is 2.73. The van der Waals surface area contributed by atoms with Crippen molar-refractivity contribution in [2.45, 2.75) is 32.2 Å². The van der Waals surface area contributed by atoms with E-state index in [0.717, 1.165) is 40.1 Å². The van der Waals surface area contributed by atoms with Crippen molar-refractivity contribution in [2.75, 3.05) is 13.4 Å². The topological polar surface area (TPSA) is 36.9 Å². The van der Waals surface area contributed by atoms with Gasteiger partial charge in [-0.15, -0.1) is 0 Å². The first kappa shape index (κ1) is 12.5. The number of ether oxygens (including phenoxy) is 4. The maximum Gasteiger partial charge on any atom is 0.231 e. The maximum atomic E-state index is 5.79. The summed E-state index contributed by atoms with van der Waals surface area (Å²) in [5.74, 6) is 1.62. The van der Waals surface area contributed by atoms with Crippen LogP contribution in [0.4, 0.5) is 0 Å². The monoisotopic (exact) mass is 362 g/mol. The second kappa shape index (κ2) is 5.63. The zero-order chi connectivity index (χ0) is 12.4. The van der Waals surface area contributed by atoms with Crippen LogP contribution in [0.15, 0.2) is 12.1 Å². The number of halogens is 1. The van der Waals surface area contributed by atoms with Crippen LogP contribution in [0.2, 0.25) is 0 Å². The molecule has 1 saturated heterocycles. The number of hydrogen-bond donors (Lipinski definition) is 0. The molecule has 98 valence electrons. The predicted octanol–water partition coefficient (Wildman–Crippen LogP) is 3.06. The molecule has 0 saturated carbocycles. The van der Waals surface area contributed by atoms with Crippen molar-refractivity contribution in [1.29, 1.82) is 0 Å². The van der Waals surface area contributed by atoms with Gasteiger partial charge in [0.2, 0.25) is 6.79 Å². The molecule has 4 nitrogen and oxygen atoms in total. The molecule has 0 bridgehead atoms. The summed E-state index contributed by atoms with van der Waals surface area (Å²) < 4.78 is 23.2. The van der Waals surface area contributed by atoms with Gasteiger partial charge in [-0.2, -0.15) is 0 Å². The van der Waals surface area contributed by atoms with E-state index in [1.54, 1.807) is 0 Å². The first-order chi connectivity index (χ1) is 8.83. The van der Waals surface area contributed by atoms with Crippen molar-refractivity contribution >= 4 is 22.6 Å². The van der Waals surface area contributed by atoms with E-state index in [2.05, 4.69) is 22.6 Å². The number of hydrogen-bond acceptors (Lipinski definition) is 4. The van der Waals surface area contributed by atoms with Gasteiger partial charge >= 0.3 is 0 Å². The lowest BCUT2D eigenvalue weighted by Gasteiger charge is -2.23. The smallest absolute Gasteiger partial charge is 0.231 e. The lowest BCUT2D eigenvalue weighted by Crippen LogP contribution is -2.22. The average molecular weight is 362 g/mol. The molecule has 2 aliphatic rings. The van der Waals surface area contributed by atoms with E-state index in [9.17, 15) is 0 Å². The van der Waals surface area contributed by atoms with E-state index in [0.29, 0.717) is 13.4 Å². The van der Waals surface area contributed by atoms with Crippen LogP contribution in [0.3, 0.4) is 0 Å². The zero-order valence-corrected chi connectivity index (χ0v) is 12.1. The molecule has 2 heterocycles. The highest BCUT2D eigenvalue weighted by Gasteiger charge is 2.18. The molecule has 1 aromatic carbocycles. The maximum absolute atomic E-state index is 5.79. The third-order valence-electron chi connectivity index (χ3n) is 3.10. The Kier molecular flexibility index (Phi) is 3.91. The highest BCUT2D eigenvalue weighted by Crippen LogP contribution is 2.35. The summed E-state index contributed by atoms with van der Waals surface area (Å²) in [6.45, 7) is 1.67. The lowest BCUT2D eigenvalue weighted by molar-refractivity contribution is -0.169. The second-order valence-electron chi connectivity index (χ2n) is 4.40. The van der Waals surface area contributed by atoms with Crippen LogP contribution in [0.1, 0.15) is 24.8 Å². The summed E-state index contributed by atoms with van der Waals surface area (Å²) >= 11 is 2.29. The molecule has 0 amide bonds. The molecule has 1 unspecified atom stereocenters. The van der Waals surface area contributed by atoms with Crippen molar-refractivity contribution in [2.24, 2.45) is 0 Å². The molecule has 18 heavy (non-hydrogen) atoms. The minimum atomic E-state index is -0.0556. The van der Waals surface area contributed by atoms with E-state index in [1.807, 2.05) is 12.1 Å². The van der Waals surface area contributed by atoms with Gasteiger partial charge in [0.1, 0.15) is 0 Å². The van der Waals surface area contributed by atoms with Crippen molar-refractivity contribution in [1.82, 2.24) is 0 Å². The Balaban J connectivity index is 1.65. The van der Waals surface area contributed by atoms with Gasteiger partial charge < -0.3 is 18.9 Å². The SMILES string of the molecule is Ic1cc2c(cc1COC1CCCCO1)OCO2. The molecule has 0 spiro atoms. The van der Waals surface area contributed by atoms with Crippen LogP contribution >= 0.6 is 22.6 Å². The fourth-order valence-corrected chi connectivity index (χ4v) is 2.69. The molecule has 1 atom stereocenters. The fraction of sp³-hybridized carbons (Fsp3) is 0.538. The van der Waals surface area contributed by atoms with Crippen LogP contribution in [0.25, 0.3) is 0 Å². The quantitative estimate of drug-likeness (QED) is 0.775. The zero-order valence-electron chi connectivity index (χ0n) is 9.99. The lowest BCUT2D eigenvalue weighted by atomic mass is 10.2. The van der Waals surface area contributed by atoms with E-state index >= 15 is 0 Å². The molecule has 0 radical (unpaired) electrons. The van der Waals surface area contributed by atoms with Crippen LogP contribution in [0, 0.1) is 3.57 Å². The summed E-state index contributed by atoms with van der Waals surface area (Å²) in [4.78, 5) is 0. The van der Waals surface area contributed by atoms with Gasteiger partial charge in [0.25, 0.3) is 0 Å². The number of benzene rings is 1. The van der Waals surface area contributed by atoms with Gasteiger partial charge in [-0.05, 0) is 59.5 Å². The van der Waals surface area contributed by atoms with Gasteiger partial charge in [-0.1, -0.05) is 0 Å². The minimum absolute atomic E-state index is 0.0556. The molecule has 5 heteroatoms. The Labute approximate surface area is 120 Å². The second-order valence-corrected chi connectivity index (χ2v) is 5.57. The van der Waals surface area contributed by atoms with Crippen LogP contribution in [0.5, 0.6) is 11.5 Å².